The Balaban J connectivity index is 0.000000171. The van der Waals surface area contributed by atoms with Crippen LogP contribution in [0.25, 0.3) is 54.9 Å². The molecular weight excluding hydrogens is 959 g/mol. The predicted octanol–water partition coefficient (Wildman–Crippen LogP) is 18.5. The zero-order valence-corrected chi connectivity index (χ0v) is 47.9. The number of unbranched alkanes of at least 4 members (excludes halogenated alkanes) is 2. The number of fused-ring (bicyclic) bond motifs is 5. The zero-order valence-electron chi connectivity index (χ0n) is 42.9. The summed E-state index contributed by atoms with van der Waals surface area (Å²) in [4.78, 5) is 0. The Labute approximate surface area is 432 Å². The van der Waals surface area contributed by atoms with E-state index >= 15 is 0 Å². The van der Waals surface area contributed by atoms with Crippen LogP contribution in [0.3, 0.4) is 0 Å². The molecular formula is C64H73Cl2SiZr-3. The van der Waals surface area contributed by atoms with Crippen molar-refractivity contribution in [2.75, 3.05) is 0 Å². The van der Waals surface area contributed by atoms with Gasteiger partial charge in [0.15, 0.2) is 0 Å². The van der Waals surface area contributed by atoms with Crippen molar-refractivity contribution in [3.05, 3.63) is 179 Å². The van der Waals surface area contributed by atoms with Crippen molar-refractivity contribution in [2.24, 2.45) is 0 Å². The van der Waals surface area contributed by atoms with E-state index in [9.17, 15) is 0 Å². The Morgan fingerprint density at radius 3 is 1.38 bits per heavy atom. The summed E-state index contributed by atoms with van der Waals surface area (Å²) in [5, 5.41) is 8.45. The van der Waals surface area contributed by atoms with Crippen molar-refractivity contribution in [3.8, 4) is 33.4 Å². The first-order valence-electron chi connectivity index (χ1n) is 25.0. The van der Waals surface area contributed by atoms with E-state index < -0.39 is 20.8 Å². The molecule has 8 aromatic carbocycles. The summed E-state index contributed by atoms with van der Waals surface area (Å²) in [5.74, 6) is 1.03. The van der Waals surface area contributed by atoms with Gasteiger partial charge in [0, 0.05) is 0 Å². The van der Waals surface area contributed by atoms with E-state index in [1.807, 2.05) is 6.07 Å². The molecule has 0 atom stereocenters. The van der Waals surface area contributed by atoms with E-state index in [1.165, 1.54) is 137 Å². The molecule has 0 nitrogen and oxygen atoms in total. The van der Waals surface area contributed by atoms with Crippen molar-refractivity contribution in [1.82, 2.24) is 0 Å². The molecule has 0 amide bonds. The molecule has 0 saturated heterocycles. The van der Waals surface area contributed by atoms with E-state index in [2.05, 4.69) is 223 Å². The van der Waals surface area contributed by atoms with Gasteiger partial charge in [-0.25, -0.2) is 0 Å². The average Bonchev–Trinajstić information content (AvgIpc) is 4.04. The van der Waals surface area contributed by atoms with Crippen LogP contribution in [0.4, 0.5) is 0 Å². The quantitative estimate of drug-likeness (QED) is 0.0946. The smallest absolute Gasteiger partial charge is 0.0920 e. The van der Waals surface area contributed by atoms with E-state index in [4.69, 9.17) is 17.0 Å². The van der Waals surface area contributed by atoms with Gasteiger partial charge in [0.1, 0.15) is 0 Å². The molecule has 9 rings (SSSR count). The van der Waals surface area contributed by atoms with Gasteiger partial charge in [-0.1, -0.05) is 215 Å². The molecule has 0 aliphatic carbocycles. The van der Waals surface area contributed by atoms with Crippen LogP contribution in [0.1, 0.15) is 154 Å². The van der Waals surface area contributed by atoms with Gasteiger partial charge in [0.05, 0.1) is 9.52 Å². The minimum atomic E-state index is -0.826. The van der Waals surface area contributed by atoms with E-state index in [-0.39, 0.29) is 10.8 Å². The van der Waals surface area contributed by atoms with E-state index in [0.29, 0.717) is 11.8 Å². The molecule has 0 saturated carbocycles. The normalized spacial score (nSPS) is 11.9. The van der Waals surface area contributed by atoms with Crippen LogP contribution in [0, 0.1) is 6.07 Å². The molecule has 0 fully saturated rings. The summed E-state index contributed by atoms with van der Waals surface area (Å²) in [7, 11) is 10.7. The van der Waals surface area contributed by atoms with Crippen molar-refractivity contribution in [1.29, 1.82) is 0 Å². The van der Waals surface area contributed by atoms with Gasteiger partial charge in [-0.3, -0.25) is 0 Å². The van der Waals surface area contributed by atoms with Crippen LogP contribution < -0.4 is 10.4 Å². The van der Waals surface area contributed by atoms with E-state index in [0.717, 1.165) is 9.52 Å². The molecule has 2 radical (unpaired) electrons. The maximum Gasteiger partial charge on any atom is 0.0920 e. The molecule has 0 N–H and O–H groups in total. The fraction of sp³-hybridized carbons (Fsp3) is 0.344. The van der Waals surface area contributed by atoms with Crippen molar-refractivity contribution in [2.45, 2.75) is 144 Å². The fourth-order valence-corrected chi connectivity index (χ4v) is 11.1. The van der Waals surface area contributed by atoms with Crippen molar-refractivity contribution < 1.29 is 20.8 Å². The maximum atomic E-state index is 4.93. The van der Waals surface area contributed by atoms with Gasteiger partial charge in [-0.2, -0.15) is 41.6 Å². The first kappa shape index (κ1) is 53.6. The minimum absolute atomic E-state index is 0.120. The number of hydrogen-bond acceptors (Lipinski definition) is 0. The second-order valence-electron chi connectivity index (χ2n) is 21.1. The van der Waals surface area contributed by atoms with Crippen LogP contribution in [-0.2, 0) is 44.5 Å². The Morgan fingerprint density at radius 1 is 0.544 bits per heavy atom. The largest absolute Gasteiger partial charge is 0.184 e. The molecule has 0 unspecified atom stereocenters. The molecule has 8 aromatic rings. The minimum Gasteiger partial charge on any atom is -0.184 e. The van der Waals surface area contributed by atoms with Gasteiger partial charge < -0.3 is 0 Å². The molecule has 4 heteroatoms. The number of aryl methyl sites for hydroxylation is 2. The summed E-state index contributed by atoms with van der Waals surface area (Å²) in [6, 6.07) is 55.2. The van der Waals surface area contributed by atoms with Gasteiger partial charge in [-0.15, -0.1) is 74.6 Å². The number of halogens is 2. The molecule has 0 aromatic heterocycles. The Bertz CT molecular complexity index is 2680. The second-order valence-corrected chi connectivity index (χ2v) is 26.1. The Morgan fingerprint density at radius 2 is 0.956 bits per heavy atom. The molecule has 1 aliphatic heterocycles. The predicted molar refractivity (Wildman–Crippen MR) is 300 cm³/mol. The maximum absolute atomic E-state index is 4.93. The third-order valence-electron chi connectivity index (χ3n) is 13.2. The second kappa shape index (κ2) is 24.4. The molecule has 68 heavy (non-hydrogen) atoms. The molecule has 0 bridgehead atoms. The standard InChI is InChI=1S/2C26H33.C12H7Si.2ClH.Zr/c2*1-7-8-11-19-16-20-14-15-24(26(4,5)6)25(23(20)17-19)22-13-10-9-12-21(22)18(2)3;1-3-7-11-9(5-1)10-6-2-4-8-12(10)13-11;;;/h2*9-10,12-18H,7-8,11H2,1-6H3;1-7H;2*1H;/q3*-1;;;+2/p-2. The number of hydrogen-bond donors (Lipinski definition) is 0. The van der Waals surface area contributed by atoms with Gasteiger partial charge in [0.2, 0.25) is 0 Å². The van der Waals surface area contributed by atoms with Crippen molar-refractivity contribution >= 4 is 58.5 Å². The third kappa shape index (κ3) is 12.9. The molecule has 1 aliphatic rings. The fourth-order valence-electron chi connectivity index (χ4n) is 9.75. The van der Waals surface area contributed by atoms with Gasteiger partial charge >= 0.3 is 37.9 Å². The van der Waals surface area contributed by atoms with Crippen LogP contribution in [-0.4, -0.2) is 9.52 Å². The topological polar surface area (TPSA) is 0 Å². The van der Waals surface area contributed by atoms with Gasteiger partial charge in [-0.05, 0) is 57.8 Å². The zero-order chi connectivity index (χ0) is 49.2. The summed E-state index contributed by atoms with van der Waals surface area (Å²) >= 11 is -0.826. The van der Waals surface area contributed by atoms with Crippen LogP contribution >= 0.6 is 17.0 Å². The van der Waals surface area contributed by atoms with Gasteiger partial charge in [0.25, 0.3) is 0 Å². The molecule has 1 heterocycles. The SMILES string of the molecule is CCCCc1cc2c(-c3ccccc3C(C)C)c(C(C)(C)C)ccc2[cH-]1.CCCCc1cc2c(-c3ccccc3C(C)C)c(C(C)(C)C)ccc2[cH-]1.[Cl][Zr][Cl].[c-]1cccc2c1[Si]c1ccccc1-2. The summed E-state index contributed by atoms with van der Waals surface area (Å²) in [6.45, 7) is 27.7. The Kier molecular flexibility index (Phi) is 19.2. The monoisotopic (exact) mass is 1030 g/mol. The summed E-state index contributed by atoms with van der Waals surface area (Å²) in [6.07, 6.45) is 7.39. The first-order valence-corrected chi connectivity index (χ1v) is 32.3. The average molecular weight is 1030 g/mol. The van der Waals surface area contributed by atoms with Crippen LogP contribution in [0.5, 0.6) is 0 Å². The van der Waals surface area contributed by atoms with E-state index in [1.54, 1.807) is 0 Å². The van der Waals surface area contributed by atoms with Crippen molar-refractivity contribution in [3.63, 3.8) is 0 Å². The Hall–Kier alpha value is -3.78. The number of benzene rings is 6. The number of rotatable bonds is 10. The summed E-state index contributed by atoms with van der Waals surface area (Å²) in [5.41, 5.74) is 17.5. The molecule has 354 valence electrons. The third-order valence-corrected chi connectivity index (χ3v) is 14.6. The first-order chi connectivity index (χ1) is 32.5. The summed E-state index contributed by atoms with van der Waals surface area (Å²) < 4.78 is 0. The van der Waals surface area contributed by atoms with Crippen LogP contribution in [0.2, 0.25) is 0 Å². The van der Waals surface area contributed by atoms with Crippen LogP contribution in [0.15, 0.2) is 140 Å². The molecule has 0 spiro atoms.